The van der Waals surface area contributed by atoms with Crippen molar-refractivity contribution < 1.29 is 52.7 Å². The monoisotopic (exact) mass is 602 g/mol. The number of carbonyl (C=O) groups is 3. The molecule has 6 aliphatic rings. The van der Waals surface area contributed by atoms with Gasteiger partial charge >= 0.3 is 17.9 Å². The summed E-state index contributed by atoms with van der Waals surface area (Å²) < 4.78 is 36.8. The van der Waals surface area contributed by atoms with Crippen LogP contribution in [0.4, 0.5) is 0 Å². The predicted octanol–water partition coefficient (Wildman–Crippen LogP) is 2.65. The molecule has 0 bridgehead atoms. The van der Waals surface area contributed by atoms with Crippen LogP contribution in [-0.4, -0.2) is 82.6 Å². The summed E-state index contributed by atoms with van der Waals surface area (Å²) in [7, 11) is 0. The molecule has 2 N–H and O–H groups in total. The van der Waals surface area contributed by atoms with Crippen LogP contribution in [0.2, 0.25) is 0 Å². The van der Waals surface area contributed by atoms with Crippen LogP contribution in [0.1, 0.15) is 78.7 Å². The maximum absolute atomic E-state index is 13.2. The van der Waals surface area contributed by atoms with Gasteiger partial charge in [-0.25, -0.2) is 0 Å². The van der Waals surface area contributed by atoms with Crippen LogP contribution in [0.3, 0.4) is 0 Å². The highest BCUT2D eigenvalue weighted by Crippen LogP contribution is 2.79. The lowest BCUT2D eigenvalue weighted by Crippen LogP contribution is -2.75. The van der Waals surface area contributed by atoms with Crippen molar-refractivity contribution in [3.8, 4) is 0 Å². The van der Waals surface area contributed by atoms with E-state index >= 15 is 0 Å². The van der Waals surface area contributed by atoms with E-state index in [4.69, 9.17) is 28.1 Å². The van der Waals surface area contributed by atoms with Gasteiger partial charge in [-0.3, -0.25) is 14.4 Å². The molecule has 14 unspecified atom stereocenters. The van der Waals surface area contributed by atoms with E-state index in [2.05, 4.69) is 13.8 Å². The number of furan rings is 1. The summed E-state index contributed by atoms with van der Waals surface area (Å²) in [5.41, 5.74) is -5.24. The molecule has 4 aliphatic carbocycles. The van der Waals surface area contributed by atoms with Crippen molar-refractivity contribution in [2.24, 2.45) is 28.1 Å². The van der Waals surface area contributed by atoms with Gasteiger partial charge in [0.25, 0.3) is 0 Å². The van der Waals surface area contributed by atoms with E-state index in [9.17, 15) is 24.6 Å². The lowest BCUT2D eigenvalue weighted by atomic mass is 9.38. The highest BCUT2D eigenvalue weighted by molar-refractivity contribution is 5.67. The molecule has 14 atom stereocenters. The Labute approximate surface area is 250 Å². The van der Waals surface area contributed by atoms with Crippen molar-refractivity contribution in [1.29, 1.82) is 0 Å². The summed E-state index contributed by atoms with van der Waals surface area (Å²) in [5.74, 6) is -2.51. The maximum atomic E-state index is 13.2. The number of rotatable bonds is 4. The molecule has 236 valence electrons. The number of esters is 3. The Hall–Kier alpha value is -2.47. The molecule has 0 aromatic carbocycles. The second-order valence-electron chi connectivity index (χ2n) is 14.6. The van der Waals surface area contributed by atoms with Crippen LogP contribution in [0.15, 0.2) is 23.0 Å². The van der Waals surface area contributed by atoms with Crippen molar-refractivity contribution >= 4 is 17.9 Å². The molecule has 1 spiro atoms. The first-order valence-corrected chi connectivity index (χ1v) is 15.4. The highest BCUT2D eigenvalue weighted by Gasteiger charge is 2.88. The Morgan fingerprint density at radius 3 is 2.23 bits per heavy atom. The number of hydrogen-bond donors (Lipinski definition) is 2. The molecule has 1 aromatic rings. The topological polar surface area (TPSA) is 151 Å². The molecule has 43 heavy (non-hydrogen) atoms. The first-order valence-electron chi connectivity index (χ1n) is 15.4. The molecule has 3 heterocycles. The van der Waals surface area contributed by atoms with E-state index in [1.165, 1.54) is 20.8 Å². The van der Waals surface area contributed by atoms with Crippen LogP contribution in [0.5, 0.6) is 0 Å². The second kappa shape index (κ2) is 9.05. The second-order valence-corrected chi connectivity index (χ2v) is 14.6. The molecule has 6 fully saturated rings. The van der Waals surface area contributed by atoms with E-state index in [1.54, 1.807) is 25.5 Å². The smallest absolute Gasteiger partial charge is 0.302 e. The predicted molar refractivity (Wildman–Crippen MR) is 146 cm³/mol. The molecule has 0 amide bonds. The van der Waals surface area contributed by atoms with Crippen molar-refractivity contribution in [2.75, 3.05) is 6.61 Å². The van der Waals surface area contributed by atoms with Crippen molar-refractivity contribution in [3.63, 3.8) is 0 Å². The van der Waals surface area contributed by atoms with Gasteiger partial charge in [-0.15, -0.1) is 0 Å². The largest absolute Gasteiger partial charge is 0.472 e. The standard InChI is InChI=1S/C32H42O11/c1-15(33)40-19-9-21-29(5)23(42-17(3)35)11-22(41-16(2)34)28(4)14-39-25(26(28)29)27-31(21,12-19)32(37)24(43-27)10-20(30(32,6)36)18-7-8-38-13-18/h7-8,13,19-27,36-37H,9-12,14H2,1-6H3. The number of hydrogen-bond acceptors (Lipinski definition) is 11. The van der Waals surface area contributed by atoms with Gasteiger partial charge in [0.2, 0.25) is 0 Å². The Morgan fingerprint density at radius 2 is 1.60 bits per heavy atom. The lowest BCUT2D eigenvalue weighted by Gasteiger charge is -2.66. The molecule has 0 radical (unpaired) electrons. The average molecular weight is 603 g/mol. The Kier molecular flexibility index (Phi) is 6.16. The first-order chi connectivity index (χ1) is 20.1. The van der Waals surface area contributed by atoms with E-state index < -0.39 is 93.8 Å². The molecule has 4 saturated carbocycles. The highest BCUT2D eigenvalue weighted by atomic mass is 16.6. The summed E-state index contributed by atoms with van der Waals surface area (Å²) >= 11 is 0. The molecule has 7 rings (SSSR count). The molecule has 1 aromatic heterocycles. The lowest BCUT2D eigenvalue weighted by molar-refractivity contribution is -0.280. The third-order valence-electron chi connectivity index (χ3n) is 12.7. The number of carbonyl (C=O) groups excluding carboxylic acids is 3. The Morgan fingerprint density at radius 1 is 0.930 bits per heavy atom. The van der Waals surface area contributed by atoms with Gasteiger partial charge in [-0.1, -0.05) is 13.8 Å². The van der Waals surface area contributed by atoms with Crippen molar-refractivity contribution in [1.82, 2.24) is 0 Å². The van der Waals surface area contributed by atoms with E-state index in [-0.39, 0.29) is 25.4 Å². The summed E-state index contributed by atoms with van der Waals surface area (Å²) in [4.78, 5) is 37.2. The maximum Gasteiger partial charge on any atom is 0.302 e. The summed E-state index contributed by atoms with van der Waals surface area (Å²) in [6, 6.07) is 1.79. The Bertz CT molecular complexity index is 1340. The van der Waals surface area contributed by atoms with Crippen LogP contribution in [-0.2, 0) is 38.1 Å². The quantitative estimate of drug-likeness (QED) is 0.387. The fourth-order valence-corrected chi connectivity index (χ4v) is 11.5. The molecular formula is C32H42O11. The summed E-state index contributed by atoms with van der Waals surface area (Å²) in [6.45, 7) is 10.2. The normalized spacial score (nSPS) is 52.5. The van der Waals surface area contributed by atoms with E-state index in [0.717, 1.165) is 5.56 Å². The van der Waals surface area contributed by atoms with Crippen molar-refractivity contribution in [3.05, 3.63) is 24.2 Å². The molecular weight excluding hydrogens is 560 g/mol. The van der Waals surface area contributed by atoms with E-state index in [0.29, 0.717) is 12.8 Å². The zero-order valence-corrected chi connectivity index (χ0v) is 25.5. The number of aliphatic hydroxyl groups is 2. The van der Waals surface area contributed by atoms with Gasteiger partial charge in [0, 0.05) is 55.3 Å². The SMILES string of the molecule is CC(=O)OC1CC2C3(C)C(OC(C)=O)CC(OC(C)=O)C4(C)COC(C43)C3OC4CC(c5ccoc5)C(C)(O)C4(O)C32C1. The van der Waals surface area contributed by atoms with Gasteiger partial charge in [0.05, 0.1) is 37.4 Å². The average Bonchev–Trinajstić information content (AvgIpc) is 3.69. The zero-order chi connectivity index (χ0) is 30.9. The minimum atomic E-state index is -1.77. The van der Waals surface area contributed by atoms with Gasteiger partial charge in [0.15, 0.2) is 0 Å². The Balaban J connectivity index is 1.43. The van der Waals surface area contributed by atoms with Crippen LogP contribution >= 0.6 is 0 Å². The van der Waals surface area contributed by atoms with Gasteiger partial charge in [-0.2, -0.15) is 0 Å². The fraction of sp³-hybridized carbons (Fsp3) is 0.781. The number of ether oxygens (including phenoxy) is 5. The minimum absolute atomic E-state index is 0.252. The van der Waals surface area contributed by atoms with Gasteiger partial charge < -0.3 is 38.3 Å². The molecule has 2 saturated heterocycles. The minimum Gasteiger partial charge on any atom is -0.472 e. The van der Waals surface area contributed by atoms with Crippen molar-refractivity contribution in [2.45, 2.75) is 121 Å². The van der Waals surface area contributed by atoms with E-state index in [1.807, 2.05) is 0 Å². The fourth-order valence-electron chi connectivity index (χ4n) is 11.5. The summed E-state index contributed by atoms with van der Waals surface area (Å²) in [5, 5.41) is 25.7. The zero-order valence-electron chi connectivity index (χ0n) is 25.5. The summed E-state index contributed by atoms with van der Waals surface area (Å²) in [6.07, 6.45) is 0.570. The molecule has 11 nitrogen and oxygen atoms in total. The molecule has 11 heteroatoms. The van der Waals surface area contributed by atoms with Gasteiger partial charge in [0.1, 0.15) is 29.5 Å². The van der Waals surface area contributed by atoms with Gasteiger partial charge in [-0.05, 0) is 43.7 Å². The molecule has 2 aliphatic heterocycles. The first kappa shape index (κ1) is 29.3. The van der Waals surface area contributed by atoms with Crippen LogP contribution in [0, 0.1) is 28.1 Å². The number of fused-ring (bicyclic) bond motifs is 3. The third-order valence-corrected chi connectivity index (χ3v) is 12.7. The van der Waals surface area contributed by atoms with Crippen LogP contribution < -0.4 is 0 Å². The third kappa shape index (κ3) is 3.42. The van der Waals surface area contributed by atoms with Crippen LogP contribution in [0.25, 0.3) is 0 Å².